The van der Waals surface area contributed by atoms with Gasteiger partial charge in [0.25, 0.3) is 0 Å². The number of halogens is 1. The Balaban J connectivity index is 4.03. The van der Waals surface area contributed by atoms with Gasteiger partial charge in [0.1, 0.15) is 0 Å². The molecule has 54 valence electrons. The largest absolute Gasteiger partial charge is 0.0872 e. The molecule has 0 radical (unpaired) electrons. The average Bonchev–Trinajstić information content (AvgIpc) is 1.64. The molecule has 0 rings (SSSR count). The first-order chi connectivity index (χ1) is 3.98. The summed E-state index contributed by atoms with van der Waals surface area (Å²) in [4.78, 5) is 0. The zero-order valence-electron chi connectivity index (χ0n) is 6.66. The molecule has 0 fully saturated rings. The molecule has 0 aromatic carbocycles. The fourth-order valence-electron chi connectivity index (χ4n) is 0.422. The van der Waals surface area contributed by atoms with Crippen LogP contribution in [0.1, 0.15) is 6.92 Å². The quantitative estimate of drug-likeness (QED) is 0.403. The molecule has 0 saturated carbocycles. The summed E-state index contributed by atoms with van der Waals surface area (Å²) in [7, 11) is -0.925. The Morgan fingerprint density at radius 3 is 2.00 bits per heavy atom. The first-order valence-electron chi connectivity index (χ1n) is 3.21. The molecule has 0 N–H and O–H groups in total. The molecule has 9 heavy (non-hydrogen) atoms. The third kappa shape index (κ3) is 4.14. The van der Waals surface area contributed by atoms with E-state index in [1.807, 2.05) is 0 Å². The molecule has 0 unspecified atom stereocenters. The van der Waals surface area contributed by atoms with E-state index >= 15 is 0 Å². The van der Waals surface area contributed by atoms with Crippen molar-refractivity contribution in [1.29, 1.82) is 0 Å². The van der Waals surface area contributed by atoms with Crippen LogP contribution in [0.2, 0.25) is 19.6 Å². The predicted octanol–water partition coefficient (Wildman–Crippen LogP) is 3.25. The normalized spacial score (nSPS) is 14.1. The molecule has 0 aliphatic heterocycles. The Labute approximate surface area is 72.9 Å². The van der Waals surface area contributed by atoms with Crippen LogP contribution in [-0.4, -0.2) is 12.5 Å². The molecule has 2 heteroatoms. The first kappa shape index (κ1) is 9.69. The van der Waals surface area contributed by atoms with Crippen LogP contribution in [0.25, 0.3) is 0 Å². The second-order valence-electron chi connectivity index (χ2n) is 3.29. The molecule has 0 heterocycles. The van der Waals surface area contributed by atoms with E-state index in [1.54, 1.807) is 5.20 Å². The third-order valence-corrected chi connectivity index (χ3v) is 4.58. The van der Waals surface area contributed by atoms with Crippen molar-refractivity contribution in [1.82, 2.24) is 0 Å². The van der Waals surface area contributed by atoms with Crippen LogP contribution in [0.3, 0.4) is 0 Å². The molecule has 0 aliphatic carbocycles. The summed E-state index contributed by atoms with van der Waals surface area (Å²) in [6.45, 7) is 9.40. The molecule has 0 aromatic rings. The Morgan fingerprint density at radius 1 is 1.44 bits per heavy atom. The highest BCUT2D eigenvalue weighted by Gasteiger charge is 2.13. The van der Waals surface area contributed by atoms with Crippen LogP contribution in [0.15, 0.2) is 11.3 Å². The summed E-state index contributed by atoms with van der Waals surface area (Å²) in [6, 6.07) is 0. The molecule has 0 aliphatic rings. The molecule has 0 atom stereocenters. The molecule has 0 bridgehead atoms. The number of hydrogen-bond donors (Lipinski definition) is 0. The van der Waals surface area contributed by atoms with Gasteiger partial charge in [-0.2, -0.15) is 0 Å². The summed E-state index contributed by atoms with van der Waals surface area (Å²) >= 11 is 2.39. The Morgan fingerprint density at radius 2 is 1.89 bits per heavy atom. The molecule has 0 amide bonds. The highest BCUT2D eigenvalue weighted by molar-refractivity contribution is 14.1. The van der Waals surface area contributed by atoms with Crippen LogP contribution in [-0.2, 0) is 0 Å². The van der Waals surface area contributed by atoms with Gasteiger partial charge in [0.2, 0.25) is 0 Å². The maximum Gasteiger partial charge on any atom is 0.0716 e. The maximum absolute atomic E-state index is 2.39. The van der Waals surface area contributed by atoms with Crippen molar-refractivity contribution in [3.63, 3.8) is 0 Å². The number of alkyl halides is 1. The zero-order valence-corrected chi connectivity index (χ0v) is 9.82. The number of hydrogen-bond acceptors (Lipinski definition) is 0. The summed E-state index contributed by atoms with van der Waals surface area (Å²) < 4.78 is 1.16. The topological polar surface area (TPSA) is 0 Å². The summed E-state index contributed by atoms with van der Waals surface area (Å²) in [6.07, 6.45) is 2.34. The SMILES string of the molecule is C/C(=C/CI)[Si](C)(C)C. The van der Waals surface area contributed by atoms with Gasteiger partial charge in [-0.05, 0) is 6.92 Å². The van der Waals surface area contributed by atoms with Gasteiger partial charge in [0.15, 0.2) is 0 Å². The Kier molecular flexibility index (Phi) is 4.04. The predicted molar refractivity (Wildman–Crippen MR) is 56.0 cm³/mol. The Bertz CT molecular complexity index is 111. The lowest BCUT2D eigenvalue weighted by Gasteiger charge is -2.16. The van der Waals surface area contributed by atoms with Crippen LogP contribution in [0, 0.1) is 0 Å². The number of rotatable bonds is 2. The molecular weight excluding hydrogens is 239 g/mol. The second-order valence-corrected chi connectivity index (χ2v) is 9.46. The van der Waals surface area contributed by atoms with E-state index in [0.29, 0.717) is 0 Å². The maximum atomic E-state index is 2.39. The Hall–Kier alpha value is 0.687. The van der Waals surface area contributed by atoms with E-state index in [2.05, 4.69) is 55.2 Å². The lowest BCUT2D eigenvalue weighted by atomic mass is 10.6. The van der Waals surface area contributed by atoms with Gasteiger partial charge in [-0.15, -0.1) is 0 Å². The van der Waals surface area contributed by atoms with Crippen LogP contribution in [0.5, 0.6) is 0 Å². The molecule has 0 nitrogen and oxygen atoms in total. The minimum atomic E-state index is -0.925. The van der Waals surface area contributed by atoms with Crippen molar-refractivity contribution in [2.45, 2.75) is 26.6 Å². The fraction of sp³-hybridized carbons (Fsp3) is 0.714. The molecule has 0 spiro atoms. The molecular formula is C7H15ISi. The molecule has 0 saturated heterocycles. The second kappa shape index (κ2) is 3.76. The van der Waals surface area contributed by atoms with Gasteiger partial charge in [-0.3, -0.25) is 0 Å². The standard InChI is InChI=1S/C7H15ISi/c1-7(5-6-8)9(2,3)4/h5H,6H2,1-4H3/b7-5-. The average molecular weight is 254 g/mol. The van der Waals surface area contributed by atoms with E-state index < -0.39 is 8.07 Å². The number of allylic oxidation sites excluding steroid dienone is 2. The van der Waals surface area contributed by atoms with Gasteiger partial charge < -0.3 is 0 Å². The van der Waals surface area contributed by atoms with E-state index in [1.165, 1.54) is 0 Å². The lowest BCUT2D eigenvalue weighted by Crippen LogP contribution is -2.21. The lowest BCUT2D eigenvalue weighted by molar-refractivity contribution is 1.50. The summed E-state index contributed by atoms with van der Waals surface area (Å²) in [5, 5.41) is 1.62. The van der Waals surface area contributed by atoms with E-state index in [4.69, 9.17) is 0 Å². The van der Waals surface area contributed by atoms with E-state index in [-0.39, 0.29) is 0 Å². The van der Waals surface area contributed by atoms with Gasteiger partial charge in [-0.1, -0.05) is 53.5 Å². The van der Waals surface area contributed by atoms with Crippen molar-refractivity contribution in [2.24, 2.45) is 0 Å². The van der Waals surface area contributed by atoms with Gasteiger partial charge >= 0.3 is 0 Å². The van der Waals surface area contributed by atoms with Crippen molar-refractivity contribution in [3.05, 3.63) is 11.3 Å². The van der Waals surface area contributed by atoms with Crippen LogP contribution >= 0.6 is 22.6 Å². The first-order valence-corrected chi connectivity index (χ1v) is 8.24. The van der Waals surface area contributed by atoms with Crippen LogP contribution in [0.4, 0.5) is 0 Å². The van der Waals surface area contributed by atoms with Crippen molar-refractivity contribution in [3.8, 4) is 0 Å². The van der Waals surface area contributed by atoms with Gasteiger partial charge in [0.05, 0.1) is 8.07 Å². The highest BCUT2D eigenvalue weighted by atomic mass is 127. The van der Waals surface area contributed by atoms with Gasteiger partial charge in [-0.25, -0.2) is 0 Å². The minimum Gasteiger partial charge on any atom is -0.0872 e. The van der Waals surface area contributed by atoms with E-state index in [9.17, 15) is 0 Å². The minimum absolute atomic E-state index is 0.925. The van der Waals surface area contributed by atoms with Crippen molar-refractivity contribution in [2.75, 3.05) is 4.43 Å². The molecule has 0 aromatic heterocycles. The van der Waals surface area contributed by atoms with Gasteiger partial charge in [0, 0.05) is 4.43 Å². The summed E-state index contributed by atoms with van der Waals surface area (Å²) in [5.74, 6) is 0. The third-order valence-electron chi connectivity index (χ3n) is 1.57. The van der Waals surface area contributed by atoms with Crippen LogP contribution < -0.4 is 0 Å². The van der Waals surface area contributed by atoms with Crippen molar-refractivity contribution >= 4 is 30.7 Å². The smallest absolute Gasteiger partial charge is 0.0716 e. The highest BCUT2D eigenvalue weighted by Crippen LogP contribution is 2.13. The van der Waals surface area contributed by atoms with Crippen molar-refractivity contribution < 1.29 is 0 Å². The fourth-order valence-corrected chi connectivity index (χ4v) is 2.21. The monoisotopic (exact) mass is 254 g/mol. The van der Waals surface area contributed by atoms with E-state index in [0.717, 1.165) is 4.43 Å². The zero-order chi connectivity index (χ0) is 7.49. The summed E-state index contributed by atoms with van der Waals surface area (Å²) in [5.41, 5.74) is 0.